The molecule has 0 radical (unpaired) electrons. The van der Waals surface area contributed by atoms with Gasteiger partial charge in [0.05, 0.1) is 0 Å². The number of thiocarbonyl (C=S) groups is 1. The minimum Gasteiger partial charge on any atom is -0.376 e. The average molecular weight is 198 g/mol. The second kappa shape index (κ2) is 8.86. The Kier molecular flexibility index (Phi) is 8.02. The van der Waals surface area contributed by atoms with E-state index < -0.39 is 0 Å². The fourth-order valence-corrected chi connectivity index (χ4v) is 0.604. The molecule has 0 amide bonds. The van der Waals surface area contributed by atoms with E-state index in [-0.39, 0.29) is 0 Å². The molecule has 1 rings (SSSR count). The first-order valence-electron chi connectivity index (χ1n) is 4.00. The Morgan fingerprint density at radius 2 is 2.08 bits per heavy atom. The number of aromatic nitrogens is 2. The molecule has 0 unspecified atom stereocenters. The number of nitrogens with zero attached hydrogens (tertiary/aromatic N) is 2. The highest BCUT2D eigenvalue weighted by molar-refractivity contribution is 7.80. The van der Waals surface area contributed by atoms with Gasteiger partial charge in [-0.25, -0.2) is 9.97 Å². The van der Waals surface area contributed by atoms with Crippen molar-refractivity contribution in [3.63, 3.8) is 0 Å². The van der Waals surface area contributed by atoms with E-state index in [1.165, 1.54) is 6.33 Å². The Morgan fingerprint density at radius 3 is 2.23 bits per heavy atom. The first-order valence-corrected chi connectivity index (χ1v) is 4.41. The van der Waals surface area contributed by atoms with Gasteiger partial charge in [-0.15, -0.1) is 0 Å². The standard InChI is InChI=1S/C4H10N2S.C4H4N2/c1-2-3-6-4(5)7;1-2-5-4-6-3-1/h2-3H2,1H3,(H3,5,6,7);1-4H. The lowest BCUT2D eigenvalue weighted by Crippen LogP contribution is -2.29. The highest BCUT2D eigenvalue weighted by Crippen LogP contribution is 1.67. The maximum atomic E-state index is 5.10. The fraction of sp³-hybridized carbons (Fsp3) is 0.375. The monoisotopic (exact) mass is 198 g/mol. The van der Waals surface area contributed by atoms with Gasteiger partial charge in [-0.1, -0.05) is 6.92 Å². The summed E-state index contributed by atoms with van der Waals surface area (Å²) in [5, 5.41) is 3.20. The molecule has 1 aromatic rings. The van der Waals surface area contributed by atoms with Crippen molar-refractivity contribution in [2.45, 2.75) is 13.3 Å². The molecule has 0 aliphatic rings. The van der Waals surface area contributed by atoms with Crippen LogP contribution in [0.25, 0.3) is 0 Å². The molecular weight excluding hydrogens is 184 g/mol. The Labute approximate surface area is 83.6 Å². The molecule has 1 aromatic heterocycles. The maximum absolute atomic E-state index is 5.10. The average Bonchev–Trinajstić information content (AvgIpc) is 2.18. The molecule has 13 heavy (non-hydrogen) atoms. The summed E-state index contributed by atoms with van der Waals surface area (Å²) in [5.41, 5.74) is 5.10. The van der Waals surface area contributed by atoms with E-state index in [2.05, 4.69) is 34.4 Å². The first kappa shape index (κ1) is 11.8. The summed E-state index contributed by atoms with van der Waals surface area (Å²) in [5.74, 6) is 0. The predicted molar refractivity (Wildman–Crippen MR) is 57.1 cm³/mol. The Morgan fingerprint density at radius 1 is 1.46 bits per heavy atom. The van der Waals surface area contributed by atoms with Gasteiger partial charge in [0.15, 0.2) is 5.11 Å². The van der Waals surface area contributed by atoms with Crippen molar-refractivity contribution in [3.8, 4) is 0 Å². The number of hydrogen-bond donors (Lipinski definition) is 2. The van der Waals surface area contributed by atoms with Gasteiger partial charge < -0.3 is 11.1 Å². The van der Waals surface area contributed by atoms with Gasteiger partial charge in [0.1, 0.15) is 6.33 Å². The number of rotatable bonds is 2. The molecule has 5 heteroatoms. The molecule has 0 saturated heterocycles. The molecule has 4 nitrogen and oxygen atoms in total. The normalized spacial score (nSPS) is 8.08. The van der Waals surface area contributed by atoms with Crippen molar-refractivity contribution in [1.29, 1.82) is 0 Å². The van der Waals surface area contributed by atoms with Crippen LogP contribution in [0.15, 0.2) is 24.8 Å². The Bertz CT molecular complexity index is 188. The molecule has 1 heterocycles. The maximum Gasteiger partial charge on any atom is 0.163 e. The number of hydrogen-bond acceptors (Lipinski definition) is 3. The summed E-state index contributed by atoms with van der Waals surface area (Å²) in [6.45, 7) is 2.95. The van der Waals surface area contributed by atoms with E-state index >= 15 is 0 Å². The van der Waals surface area contributed by atoms with Crippen LogP contribution in [0.3, 0.4) is 0 Å². The first-order chi connectivity index (χ1) is 6.27. The van der Waals surface area contributed by atoms with Gasteiger partial charge in [0, 0.05) is 18.9 Å². The molecule has 0 bridgehead atoms. The number of nitrogens with one attached hydrogen (secondary N) is 1. The second-order valence-corrected chi connectivity index (χ2v) is 2.64. The zero-order valence-electron chi connectivity index (χ0n) is 7.60. The quantitative estimate of drug-likeness (QED) is 0.685. The summed E-state index contributed by atoms with van der Waals surface area (Å²) < 4.78 is 0. The lowest BCUT2D eigenvalue weighted by molar-refractivity contribution is 0.843. The van der Waals surface area contributed by atoms with Crippen LogP contribution in [0.2, 0.25) is 0 Å². The third-order valence-electron chi connectivity index (χ3n) is 1.03. The van der Waals surface area contributed by atoms with E-state index in [9.17, 15) is 0 Å². The van der Waals surface area contributed by atoms with Crippen LogP contribution >= 0.6 is 12.2 Å². The SMILES string of the molecule is CCCNC(N)=S.c1cncnc1. The molecule has 0 atom stereocenters. The van der Waals surface area contributed by atoms with Crippen molar-refractivity contribution in [2.75, 3.05) is 6.54 Å². The van der Waals surface area contributed by atoms with E-state index in [1.807, 2.05) is 0 Å². The smallest absolute Gasteiger partial charge is 0.163 e. The van der Waals surface area contributed by atoms with Crippen LogP contribution in [-0.4, -0.2) is 21.6 Å². The summed E-state index contributed by atoms with van der Waals surface area (Å²) >= 11 is 4.53. The fourth-order valence-electron chi connectivity index (χ4n) is 0.502. The van der Waals surface area contributed by atoms with E-state index in [1.54, 1.807) is 18.5 Å². The van der Waals surface area contributed by atoms with Crippen LogP contribution in [0.1, 0.15) is 13.3 Å². The molecular formula is C8H14N4S. The van der Waals surface area contributed by atoms with Crippen molar-refractivity contribution < 1.29 is 0 Å². The van der Waals surface area contributed by atoms with Crippen LogP contribution < -0.4 is 11.1 Å². The van der Waals surface area contributed by atoms with Gasteiger partial charge in [-0.2, -0.15) is 0 Å². The highest BCUT2D eigenvalue weighted by Gasteiger charge is 1.79. The molecule has 0 fully saturated rings. The molecule has 72 valence electrons. The second-order valence-electron chi connectivity index (χ2n) is 2.20. The summed E-state index contributed by atoms with van der Waals surface area (Å²) in [4.78, 5) is 7.35. The molecule has 3 N–H and O–H groups in total. The zero-order valence-corrected chi connectivity index (χ0v) is 8.42. The Hall–Kier alpha value is -1.23. The highest BCUT2D eigenvalue weighted by atomic mass is 32.1. The summed E-state index contributed by atoms with van der Waals surface area (Å²) in [6.07, 6.45) is 5.94. The molecule has 0 spiro atoms. The lowest BCUT2D eigenvalue weighted by Gasteiger charge is -1.96. The molecule has 0 aliphatic carbocycles. The van der Waals surface area contributed by atoms with Crippen molar-refractivity contribution >= 4 is 17.3 Å². The van der Waals surface area contributed by atoms with Gasteiger partial charge in [0.2, 0.25) is 0 Å². The third kappa shape index (κ3) is 10.8. The third-order valence-corrected chi connectivity index (χ3v) is 1.17. The van der Waals surface area contributed by atoms with E-state index in [4.69, 9.17) is 5.73 Å². The van der Waals surface area contributed by atoms with E-state index in [0.29, 0.717) is 5.11 Å². The van der Waals surface area contributed by atoms with Crippen LogP contribution in [0.5, 0.6) is 0 Å². The van der Waals surface area contributed by atoms with Crippen LogP contribution in [0, 0.1) is 0 Å². The topological polar surface area (TPSA) is 63.8 Å². The largest absolute Gasteiger partial charge is 0.376 e. The van der Waals surface area contributed by atoms with Crippen LogP contribution in [0.4, 0.5) is 0 Å². The molecule has 0 aliphatic heterocycles. The van der Waals surface area contributed by atoms with Crippen molar-refractivity contribution in [1.82, 2.24) is 15.3 Å². The minimum absolute atomic E-state index is 0.391. The minimum atomic E-state index is 0.391. The van der Waals surface area contributed by atoms with Crippen molar-refractivity contribution in [2.24, 2.45) is 5.73 Å². The summed E-state index contributed by atoms with van der Waals surface area (Å²) in [7, 11) is 0. The van der Waals surface area contributed by atoms with Gasteiger partial charge in [-0.3, -0.25) is 0 Å². The number of nitrogens with two attached hydrogens (primary N) is 1. The van der Waals surface area contributed by atoms with Gasteiger partial charge in [0.25, 0.3) is 0 Å². The summed E-state index contributed by atoms with van der Waals surface area (Å²) in [6, 6.07) is 1.78. The predicted octanol–water partition coefficient (Wildman–Crippen LogP) is 0.706. The van der Waals surface area contributed by atoms with Crippen LogP contribution in [-0.2, 0) is 0 Å². The molecule has 0 aromatic carbocycles. The lowest BCUT2D eigenvalue weighted by atomic mass is 10.5. The molecule has 0 saturated carbocycles. The van der Waals surface area contributed by atoms with Gasteiger partial charge in [-0.05, 0) is 24.7 Å². The van der Waals surface area contributed by atoms with E-state index in [0.717, 1.165) is 13.0 Å². The van der Waals surface area contributed by atoms with Gasteiger partial charge >= 0.3 is 0 Å². The Balaban J connectivity index is 0.000000223. The van der Waals surface area contributed by atoms with Crippen molar-refractivity contribution in [3.05, 3.63) is 24.8 Å². The zero-order chi connectivity index (χ0) is 9.94.